The van der Waals surface area contributed by atoms with E-state index in [2.05, 4.69) is 32.8 Å². The molecule has 1 fully saturated rings. The SMILES string of the molecule is CCCC(=O)Nc1ccc(CNC(=NC)NCCN2CCCCC2CC)cc1.I. The van der Waals surface area contributed by atoms with E-state index in [-0.39, 0.29) is 29.9 Å². The van der Waals surface area contributed by atoms with Crippen molar-refractivity contribution in [2.45, 2.75) is 65.0 Å². The predicted octanol–water partition coefficient (Wildman–Crippen LogP) is 3.97. The number of likely N-dealkylation sites (tertiary alicyclic amines) is 1. The lowest BCUT2D eigenvalue weighted by Gasteiger charge is -2.35. The van der Waals surface area contributed by atoms with Crippen molar-refractivity contribution in [3.63, 3.8) is 0 Å². The molecule has 0 aromatic heterocycles. The van der Waals surface area contributed by atoms with Crippen LogP contribution in [-0.4, -0.2) is 49.5 Å². The van der Waals surface area contributed by atoms with Gasteiger partial charge in [-0.15, -0.1) is 24.0 Å². The van der Waals surface area contributed by atoms with Gasteiger partial charge in [0, 0.05) is 44.8 Å². The van der Waals surface area contributed by atoms with Crippen LogP contribution in [0.4, 0.5) is 5.69 Å². The Hall–Kier alpha value is -1.35. The summed E-state index contributed by atoms with van der Waals surface area (Å²) in [6.07, 6.45) is 6.67. The zero-order chi connectivity index (χ0) is 20.2. The van der Waals surface area contributed by atoms with E-state index in [0.29, 0.717) is 13.0 Å². The van der Waals surface area contributed by atoms with E-state index >= 15 is 0 Å². The van der Waals surface area contributed by atoms with Crippen molar-refractivity contribution in [2.24, 2.45) is 4.99 Å². The molecule has 1 aromatic rings. The van der Waals surface area contributed by atoms with Gasteiger partial charge in [0.1, 0.15) is 0 Å². The average Bonchev–Trinajstić information content (AvgIpc) is 2.72. The molecule has 0 saturated carbocycles. The van der Waals surface area contributed by atoms with Crippen LogP contribution in [0, 0.1) is 0 Å². The third-order valence-electron chi connectivity index (χ3n) is 5.31. The maximum Gasteiger partial charge on any atom is 0.224 e. The molecule has 29 heavy (non-hydrogen) atoms. The Bertz CT molecular complexity index is 620. The summed E-state index contributed by atoms with van der Waals surface area (Å²) in [7, 11) is 1.80. The van der Waals surface area contributed by atoms with E-state index in [9.17, 15) is 4.79 Å². The Balaban J connectivity index is 0.00000420. The second kappa shape index (κ2) is 14.6. The highest BCUT2D eigenvalue weighted by atomic mass is 127. The minimum absolute atomic E-state index is 0. The number of nitrogens with one attached hydrogen (secondary N) is 3. The van der Waals surface area contributed by atoms with E-state index in [1.54, 1.807) is 7.05 Å². The van der Waals surface area contributed by atoms with Crippen molar-refractivity contribution in [3.8, 4) is 0 Å². The first-order valence-corrected chi connectivity index (χ1v) is 10.7. The summed E-state index contributed by atoms with van der Waals surface area (Å²) >= 11 is 0. The zero-order valence-electron chi connectivity index (χ0n) is 18.2. The molecule has 1 aromatic carbocycles. The van der Waals surface area contributed by atoms with Crippen LogP contribution >= 0.6 is 24.0 Å². The molecule has 0 bridgehead atoms. The Labute approximate surface area is 193 Å². The number of halogens is 1. The van der Waals surface area contributed by atoms with Crippen LogP contribution in [0.15, 0.2) is 29.3 Å². The van der Waals surface area contributed by atoms with Gasteiger partial charge in [-0.3, -0.25) is 14.7 Å². The molecule has 1 heterocycles. The number of carbonyl (C=O) groups is 1. The monoisotopic (exact) mass is 515 g/mol. The molecule has 7 heteroatoms. The number of amides is 1. The first-order chi connectivity index (χ1) is 13.7. The van der Waals surface area contributed by atoms with Gasteiger partial charge in [-0.05, 0) is 49.9 Å². The minimum Gasteiger partial charge on any atom is -0.355 e. The highest BCUT2D eigenvalue weighted by Gasteiger charge is 2.19. The fourth-order valence-corrected chi connectivity index (χ4v) is 3.70. The lowest BCUT2D eigenvalue weighted by Crippen LogP contribution is -2.45. The quantitative estimate of drug-likeness (QED) is 0.265. The van der Waals surface area contributed by atoms with Gasteiger partial charge >= 0.3 is 0 Å². The summed E-state index contributed by atoms with van der Waals surface area (Å²) in [6, 6.07) is 8.69. The van der Waals surface area contributed by atoms with Crippen LogP contribution in [0.3, 0.4) is 0 Å². The smallest absolute Gasteiger partial charge is 0.224 e. The van der Waals surface area contributed by atoms with Gasteiger partial charge in [0.2, 0.25) is 5.91 Å². The van der Waals surface area contributed by atoms with Crippen molar-refractivity contribution in [1.82, 2.24) is 15.5 Å². The Morgan fingerprint density at radius 3 is 2.59 bits per heavy atom. The molecule has 0 spiro atoms. The van der Waals surface area contributed by atoms with E-state index in [1.807, 2.05) is 31.2 Å². The third-order valence-corrected chi connectivity index (χ3v) is 5.31. The van der Waals surface area contributed by atoms with Crippen LogP contribution in [0.2, 0.25) is 0 Å². The molecule has 1 aliphatic rings. The number of aliphatic imine (C=N–C) groups is 1. The number of benzene rings is 1. The molecule has 1 atom stereocenters. The van der Waals surface area contributed by atoms with Crippen LogP contribution in [-0.2, 0) is 11.3 Å². The number of guanidine groups is 1. The van der Waals surface area contributed by atoms with Crippen LogP contribution < -0.4 is 16.0 Å². The number of anilines is 1. The highest BCUT2D eigenvalue weighted by molar-refractivity contribution is 14.0. The molecule has 164 valence electrons. The lowest BCUT2D eigenvalue weighted by atomic mass is 10.0. The summed E-state index contributed by atoms with van der Waals surface area (Å²) in [6.45, 7) is 8.17. The van der Waals surface area contributed by atoms with Crippen molar-refractivity contribution in [3.05, 3.63) is 29.8 Å². The van der Waals surface area contributed by atoms with E-state index in [1.165, 1.54) is 32.2 Å². The topological polar surface area (TPSA) is 68.8 Å². The third kappa shape index (κ3) is 9.33. The molecule has 2 rings (SSSR count). The second-order valence-corrected chi connectivity index (χ2v) is 7.44. The molecular weight excluding hydrogens is 477 g/mol. The summed E-state index contributed by atoms with van der Waals surface area (Å²) in [5.41, 5.74) is 2.00. The Kier molecular flexibility index (Phi) is 12.9. The Morgan fingerprint density at radius 2 is 1.93 bits per heavy atom. The minimum atomic E-state index is 0. The maximum atomic E-state index is 11.7. The molecule has 3 N–H and O–H groups in total. The number of hydrogen-bond acceptors (Lipinski definition) is 3. The largest absolute Gasteiger partial charge is 0.355 e. The van der Waals surface area contributed by atoms with E-state index in [4.69, 9.17) is 0 Å². The van der Waals surface area contributed by atoms with Crippen LogP contribution in [0.5, 0.6) is 0 Å². The van der Waals surface area contributed by atoms with Gasteiger partial charge in [-0.25, -0.2) is 0 Å². The standard InChI is InChI=1S/C22H37N5O.HI/c1-4-8-21(28)26-19-12-10-18(11-13-19)17-25-22(23-3)24-14-16-27-15-7-6-9-20(27)5-2;/h10-13,20H,4-9,14-17H2,1-3H3,(H,26,28)(H2,23,24,25);1H. The van der Waals surface area contributed by atoms with Crippen molar-refractivity contribution < 1.29 is 4.79 Å². The molecule has 1 saturated heterocycles. The first-order valence-electron chi connectivity index (χ1n) is 10.7. The number of hydrogen-bond donors (Lipinski definition) is 3. The van der Waals surface area contributed by atoms with Crippen molar-refractivity contribution in [1.29, 1.82) is 0 Å². The van der Waals surface area contributed by atoms with Gasteiger partial charge in [-0.1, -0.05) is 32.4 Å². The molecule has 1 amide bonds. The van der Waals surface area contributed by atoms with Crippen molar-refractivity contribution in [2.75, 3.05) is 32.0 Å². The van der Waals surface area contributed by atoms with Gasteiger partial charge in [0.15, 0.2) is 5.96 Å². The summed E-state index contributed by atoms with van der Waals surface area (Å²) in [4.78, 5) is 18.6. The predicted molar refractivity (Wildman–Crippen MR) is 133 cm³/mol. The summed E-state index contributed by atoms with van der Waals surface area (Å²) in [5.74, 6) is 0.891. The Morgan fingerprint density at radius 1 is 1.17 bits per heavy atom. The number of nitrogens with zero attached hydrogens (tertiary/aromatic N) is 2. The summed E-state index contributed by atoms with van der Waals surface area (Å²) < 4.78 is 0. The van der Waals surface area contributed by atoms with Gasteiger partial charge in [0.25, 0.3) is 0 Å². The normalized spacial score (nSPS) is 17.3. The fourth-order valence-electron chi connectivity index (χ4n) is 3.70. The highest BCUT2D eigenvalue weighted by Crippen LogP contribution is 2.18. The van der Waals surface area contributed by atoms with Crippen LogP contribution in [0.25, 0.3) is 0 Å². The summed E-state index contributed by atoms with van der Waals surface area (Å²) in [5, 5.41) is 9.70. The molecule has 1 aliphatic heterocycles. The number of carbonyl (C=O) groups excluding carboxylic acids is 1. The number of piperidine rings is 1. The second-order valence-electron chi connectivity index (χ2n) is 7.44. The fraction of sp³-hybridized carbons (Fsp3) is 0.636. The molecule has 1 unspecified atom stereocenters. The van der Waals surface area contributed by atoms with Crippen molar-refractivity contribution >= 4 is 41.5 Å². The van der Waals surface area contributed by atoms with Gasteiger partial charge in [0.05, 0.1) is 0 Å². The first kappa shape index (κ1) is 25.7. The lowest BCUT2D eigenvalue weighted by molar-refractivity contribution is -0.116. The molecule has 0 radical (unpaired) electrons. The van der Waals surface area contributed by atoms with Gasteiger partial charge < -0.3 is 16.0 Å². The average molecular weight is 515 g/mol. The van der Waals surface area contributed by atoms with Crippen LogP contribution in [0.1, 0.15) is 57.9 Å². The number of rotatable bonds is 9. The molecular formula is C22H38IN5O. The zero-order valence-corrected chi connectivity index (χ0v) is 20.5. The molecule has 0 aliphatic carbocycles. The van der Waals surface area contributed by atoms with E-state index in [0.717, 1.165) is 42.8 Å². The van der Waals surface area contributed by atoms with E-state index < -0.39 is 0 Å². The van der Waals surface area contributed by atoms with Gasteiger partial charge in [-0.2, -0.15) is 0 Å². The molecule has 6 nitrogen and oxygen atoms in total. The maximum absolute atomic E-state index is 11.7.